The molecule has 2 heterocycles. The first-order valence-electron chi connectivity index (χ1n) is 9.51. The van der Waals surface area contributed by atoms with Crippen molar-refractivity contribution in [1.82, 2.24) is 20.3 Å². The number of likely N-dealkylation sites (tertiary alicyclic amines) is 1. The van der Waals surface area contributed by atoms with E-state index in [1.807, 2.05) is 32.6 Å². The molecule has 9 nitrogen and oxygen atoms in total. The highest BCUT2D eigenvalue weighted by atomic mass is 32.2. The molecule has 2 rings (SSSR count). The number of ether oxygens (including phenoxy) is 1. The predicted molar refractivity (Wildman–Crippen MR) is 115 cm³/mol. The molecule has 164 valence electrons. The maximum absolute atomic E-state index is 12.2. The topological polar surface area (TPSA) is 112 Å². The Morgan fingerprint density at radius 2 is 2.07 bits per heavy atom. The second-order valence-corrected chi connectivity index (χ2v) is 11.1. The van der Waals surface area contributed by atoms with Gasteiger partial charge >= 0.3 is 6.09 Å². The normalized spacial score (nSPS) is 18.0. The van der Waals surface area contributed by atoms with Gasteiger partial charge in [-0.3, -0.25) is 4.99 Å². The first-order valence-corrected chi connectivity index (χ1v) is 11.8. The van der Waals surface area contributed by atoms with E-state index in [-0.39, 0.29) is 12.6 Å². The van der Waals surface area contributed by atoms with E-state index >= 15 is 0 Å². The van der Waals surface area contributed by atoms with E-state index in [4.69, 9.17) is 4.74 Å². The number of guanidine groups is 1. The maximum Gasteiger partial charge on any atom is 0.407 e. The van der Waals surface area contributed by atoms with Crippen LogP contribution in [0.4, 0.5) is 4.79 Å². The number of amides is 1. The minimum atomic E-state index is -3.49. The van der Waals surface area contributed by atoms with E-state index < -0.39 is 21.7 Å². The van der Waals surface area contributed by atoms with Gasteiger partial charge in [0.25, 0.3) is 0 Å². The van der Waals surface area contributed by atoms with Gasteiger partial charge < -0.3 is 20.3 Å². The lowest BCUT2D eigenvalue weighted by Gasteiger charge is -2.23. The van der Waals surface area contributed by atoms with Crippen molar-refractivity contribution in [3.8, 4) is 0 Å². The van der Waals surface area contributed by atoms with Crippen molar-refractivity contribution in [3.63, 3.8) is 0 Å². The highest BCUT2D eigenvalue weighted by Gasteiger charge is 2.27. The summed E-state index contributed by atoms with van der Waals surface area (Å²) in [6.45, 7) is 9.34. The largest absolute Gasteiger partial charge is 0.444 e. The zero-order valence-corrected chi connectivity index (χ0v) is 19.2. The van der Waals surface area contributed by atoms with Crippen molar-refractivity contribution in [3.05, 3.63) is 17.0 Å². The molecule has 3 N–H and O–H groups in total. The van der Waals surface area contributed by atoms with Gasteiger partial charge in [-0.15, -0.1) is 11.3 Å². The fourth-order valence-electron chi connectivity index (χ4n) is 2.86. The van der Waals surface area contributed by atoms with Crippen LogP contribution in [0.5, 0.6) is 0 Å². The summed E-state index contributed by atoms with van der Waals surface area (Å²) in [7, 11) is -1.81. The number of thiophene rings is 1. The number of sulfonamides is 1. The Morgan fingerprint density at radius 3 is 2.66 bits per heavy atom. The molecule has 1 aliphatic rings. The fourth-order valence-corrected chi connectivity index (χ4v) is 5.22. The van der Waals surface area contributed by atoms with Gasteiger partial charge in [-0.1, -0.05) is 0 Å². The smallest absolute Gasteiger partial charge is 0.407 e. The van der Waals surface area contributed by atoms with Crippen molar-refractivity contribution in [1.29, 1.82) is 0 Å². The molecule has 0 saturated carbocycles. The SMILES string of the molecule is CN=C(NCCNS(=O)(=O)c1ccc(C)s1)N1CC[C@@H](NC(=O)OC(C)(C)C)C1. The Morgan fingerprint density at radius 1 is 1.34 bits per heavy atom. The summed E-state index contributed by atoms with van der Waals surface area (Å²) in [6, 6.07) is 3.37. The van der Waals surface area contributed by atoms with Crippen molar-refractivity contribution in [2.45, 2.75) is 50.0 Å². The van der Waals surface area contributed by atoms with Crippen LogP contribution in [0, 0.1) is 6.92 Å². The Bertz CT molecular complexity index is 830. The molecule has 1 atom stereocenters. The van der Waals surface area contributed by atoms with Gasteiger partial charge in [0, 0.05) is 38.1 Å². The number of rotatable bonds is 6. The van der Waals surface area contributed by atoms with Gasteiger partial charge in [-0.2, -0.15) is 0 Å². The highest BCUT2D eigenvalue weighted by molar-refractivity contribution is 7.91. The lowest BCUT2D eigenvalue weighted by Crippen LogP contribution is -2.45. The third-order valence-corrected chi connectivity index (χ3v) is 7.05. The molecule has 1 amide bonds. The van der Waals surface area contributed by atoms with Crippen LogP contribution in [0.3, 0.4) is 0 Å². The summed E-state index contributed by atoms with van der Waals surface area (Å²) < 4.78 is 32.7. The Balaban J connectivity index is 1.76. The molecule has 1 fully saturated rings. The summed E-state index contributed by atoms with van der Waals surface area (Å²) in [5.41, 5.74) is -0.533. The summed E-state index contributed by atoms with van der Waals surface area (Å²) >= 11 is 1.24. The number of hydrogen-bond acceptors (Lipinski definition) is 6. The number of nitrogens with one attached hydrogen (secondary N) is 3. The van der Waals surface area contributed by atoms with E-state index in [9.17, 15) is 13.2 Å². The lowest BCUT2D eigenvalue weighted by atomic mass is 10.2. The second kappa shape index (κ2) is 9.77. The van der Waals surface area contributed by atoms with Crippen molar-refractivity contribution < 1.29 is 17.9 Å². The lowest BCUT2D eigenvalue weighted by molar-refractivity contribution is 0.0507. The minimum Gasteiger partial charge on any atom is -0.444 e. The molecular formula is C18H31N5O4S2. The first kappa shape index (κ1) is 23.4. The molecule has 29 heavy (non-hydrogen) atoms. The number of hydrogen-bond donors (Lipinski definition) is 3. The molecule has 0 spiro atoms. The monoisotopic (exact) mass is 445 g/mol. The van der Waals surface area contributed by atoms with Gasteiger partial charge in [0.2, 0.25) is 10.0 Å². The van der Waals surface area contributed by atoms with Crippen LogP contribution in [0.1, 0.15) is 32.1 Å². The molecule has 1 saturated heterocycles. The van der Waals surface area contributed by atoms with Crippen LogP contribution in [0.25, 0.3) is 0 Å². The van der Waals surface area contributed by atoms with Gasteiger partial charge in [0.05, 0.1) is 6.04 Å². The van der Waals surface area contributed by atoms with E-state index in [2.05, 4.69) is 20.3 Å². The van der Waals surface area contributed by atoms with Crippen LogP contribution in [0.2, 0.25) is 0 Å². The Hall–Kier alpha value is -1.85. The van der Waals surface area contributed by atoms with Crippen LogP contribution in [-0.4, -0.2) is 70.2 Å². The average Bonchev–Trinajstić information content (AvgIpc) is 3.22. The first-order chi connectivity index (χ1) is 13.5. The van der Waals surface area contributed by atoms with E-state index in [1.54, 1.807) is 19.2 Å². The summed E-state index contributed by atoms with van der Waals surface area (Å²) in [5.74, 6) is 0.671. The maximum atomic E-state index is 12.2. The zero-order chi connectivity index (χ0) is 21.7. The van der Waals surface area contributed by atoms with Crippen molar-refractivity contribution in [2.75, 3.05) is 33.2 Å². The summed E-state index contributed by atoms with van der Waals surface area (Å²) in [5, 5.41) is 6.04. The minimum absolute atomic E-state index is 0.0241. The van der Waals surface area contributed by atoms with Crippen LogP contribution in [-0.2, 0) is 14.8 Å². The summed E-state index contributed by atoms with van der Waals surface area (Å²) in [6.07, 6.45) is 0.357. The van der Waals surface area contributed by atoms with Crippen molar-refractivity contribution in [2.24, 2.45) is 4.99 Å². The zero-order valence-electron chi connectivity index (χ0n) is 17.6. The molecule has 0 aliphatic carbocycles. The number of nitrogens with zero attached hydrogens (tertiary/aromatic N) is 2. The van der Waals surface area contributed by atoms with E-state index in [0.717, 1.165) is 17.8 Å². The molecule has 1 aromatic rings. The van der Waals surface area contributed by atoms with Gasteiger partial charge in [0.15, 0.2) is 5.96 Å². The highest BCUT2D eigenvalue weighted by Crippen LogP contribution is 2.20. The average molecular weight is 446 g/mol. The van der Waals surface area contributed by atoms with E-state index in [0.29, 0.717) is 23.3 Å². The number of carbonyl (C=O) groups is 1. The van der Waals surface area contributed by atoms with Crippen molar-refractivity contribution >= 4 is 33.4 Å². The van der Waals surface area contributed by atoms with E-state index in [1.165, 1.54) is 11.3 Å². The predicted octanol–water partition coefficient (Wildman–Crippen LogP) is 1.51. The Kier molecular flexibility index (Phi) is 7.89. The molecule has 1 aromatic heterocycles. The fraction of sp³-hybridized carbons (Fsp3) is 0.667. The number of aryl methyl sites for hydroxylation is 1. The second-order valence-electron chi connectivity index (χ2n) is 7.81. The Labute approximate surface area is 177 Å². The molecule has 0 bridgehead atoms. The van der Waals surface area contributed by atoms with Gasteiger partial charge in [-0.05, 0) is 46.2 Å². The quantitative estimate of drug-likeness (QED) is 0.348. The molecule has 11 heteroatoms. The third kappa shape index (κ3) is 7.48. The number of carbonyl (C=O) groups excluding carboxylic acids is 1. The van der Waals surface area contributed by atoms with Gasteiger partial charge in [0.1, 0.15) is 9.81 Å². The number of aliphatic imine (C=N–C) groups is 1. The molecule has 1 aliphatic heterocycles. The van der Waals surface area contributed by atoms with Gasteiger partial charge in [-0.25, -0.2) is 17.9 Å². The molecule has 0 unspecified atom stereocenters. The number of alkyl carbamates (subject to hydrolysis) is 1. The molecule has 0 aromatic carbocycles. The molecule has 0 radical (unpaired) electrons. The molecular weight excluding hydrogens is 414 g/mol. The summed E-state index contributed by atoms with van der Waals surface area (Å²) in [4.78, 5) is 19.2. The standard InChI is InChI=1S/C18H31N5O4S2/c1-13-6-7-15(28-13)29(25,26)21-10-9-20-16(19-5)23-11-8-14(12-23)22-17(24)27-18(2,3)4/h6-7,14,21H,8-12H2,1-5H3,(H,19,20)(H,22,24)/t14-/m1/s1. The van der Waals surface area contributed by atoms with Crippen LogP contribution < -0.4 is 15.4 Å². The third-order valence-electron chi connectivity index (χ3n) is 4.10. The van der Waals surface area contributed by atoms with Crippen LogP contribution >= 0.6 is 11.3 Å². The van der Waals surface area contributed by atoms with Crippen LogP contribution in [0.15, 0.2) is 21.3 Å².